The molecule has 0 bridgehead atoms. The highest BCUT2D eigenvalue weighted by Gasteiger charge is 2.31. The van der Waals surface area contributed by atoms with Crippen LogP contribution in [0.4, 0.5) is 29.1 Å². The van der Waals surface area contributed by atoms with Crippen LogP contribution in [0.25, 0.3) is 33.9 Å². The van der Waals surface area contributed by atoms with Crippen LogP contribution < -0.4 is 9.62 Å². The van der Waals surface area contributed by atoms with Crippen LogP contribution in [0.2, 0.25) is 0 Å². The van der Waals surface area contributed by atoms with Gasteiger partial charge in [0.25, 0.3) is 0 Å². The van der Waals surface area contributed by atoms with Gasteiger partial charge in [0, 0.05) is 44.4 Å². The van der Waals surface area contributed by atoms with Gasteiger partial charge >= 0.3 is 6.18 Å². The number of alkyl halides is 3. The fraction of sp³-hybridized carbons (Fsp3) is 0.333. The molecule has 6 N–H and O–H groups in total. The summed E-state index contributed by atoms with van der Waals surface area (Å²) in [5.41, 5.74) is 1.48. The molecule has 0 saturated heterocycles. The zero-order valence-corrected chi connectivity index (χ0v) is 27.1. The van der Waals surface area contributed by atoms with E-state index in [0.717, 1.165) is 16.3 Å². The van der Waals surface area contributed by atoms with Gasteiger partial charge in [0.2, 0.25) is 10.0 Å². The van der Waals surface area contributed by atoms with Gasteiger partial charge in [-0.05, 0) is 48.4 Å². The number of imidazole rings is 1. The Bertz CT molecular complexity index is 2170. The van der Waals surface area contributed by atoms with Crippen LogP contribution in [-0.2, 0) is 36.0 Å². The van der Waals surface area contributed by atoms with Crippen LogP contribution in [0.3, 0.4) is 0 Å². The molecule has 49 heavy (non-hydrogen) atoms. The van der Waals surface area contributed by atoms with Crippen LogP contribution in [0, 0.1) is 5.82 Å². The van der Waals surface area contributed by atoms with E-state index in [2.05, 4.69) is 35.5 Å². The van der Waals surface area contributed by atoms with Gasteiger partial charge in [0.05, 0.1) is 29.4 Å². The second-order valence-electron chi connectivity index (χ2n) is 11.7. The number of phenols is 2. The smallest absolute Gasteiger partial charge is 0.393 e. The molecule has 3 aromatic heterocycles. The molecule has 4 heterocycles. The van der Waals surface area contributed by atoms with Crippen molar-refractivity contribution < 1.29 is 41.3 Å². The molecule has 0 radical (unpaired) electrons. The number of fused-ring (bicyclic) bond motifs is 2. The molecule has 1 atom stereocenters. The third kappa shape index (κ3) is 6.94. The predicted octanol–water partition coefficient (Wildman–Crippen LogP) is 3.77. The monoisotopic (exact) mass is 705 g/mol. The summed E-state index contributed by atoms with van der Waals surface area (Å²) < 4.78 is 81.0. The number of aromatic amines is 2. The van der Waals surface area contributed by atoms with Gasteiger partial charge in [-0.3, -0.25) is 14.3 Å². The normalized spacial score (nSPS) is 14.6. The number of rotatable bonds is 9. The third-order valence-corrected chi connectivity index (χ3v) is 9.38. The van der Waals surface area contributed by atoms with Gasteiger partial charge in [-0.25, -0.2) is 27.8 Å². The quantitative estimate of drug-likeness (QED) is 0.122. The number of aromatic hydroxyl groups is 2. The SMILES string of the molecule is CC(O)N1CCc2[nH]c(-c3n[nH]c4nc(-c5cc(F)c(O)cc5CC(F)(F)F)nc(NCc5cc(O)ccc5N(C)S(C)(=O)=O)c34)nc2C1. The summed E-state index contributed by atoms with van der Waals surface area (Å²) in [5, 5.41) is 40.6. The highest BCUT2D eigenvalue weighted by Crippen LogP contribution is 2.37. The Morgan fingerprint density at radius 1 is 1.12 bits per heavy atom. The number of nitrogens with one attached hydrogen (secondary N) is 3. The first kappa shape index (κ1) is 33.9. The molecular weight excluding hydrogens is 674 g/mol. The van der Waals surface area contributed by atoms with E-state index in [1.54, 1.807) is 6.92 Å². The van der Waals surface area contributed by atoms with Crippen molar-refractivity contribution in [1.29, 1.82) is 0 Å². The lowest BCUT2D eigenvalue weighted by atomic mass is 10.0. The van der Waals surface area contributed by atoms with Crippen LogP contribution in [0.15, 0.2) is 30.3 Å². The molecule has 1 aliphatic rings. The molecule has 0 amide bonds. The molecule has 0 spiro atoms. The standard InChI is InChI=1S/C30H31F4N9O5S/c1-14(44)43-7-6-20-21(13-43)37-29(36-20)25-24-27(35-12-16-8-17(45)4-5-22(16)42(2)49(3,47)48)38-26(39-28(24)41-40-25)18-10-19(31)23(46)9-15(18)11-30(32,33)34/h4-5,8-10,14,44-46H,6-7,11-13H2,1-3H3,(H,36,37)(H2,35,38,39,40,41). The van der Waals surface area contributed by atoms with Gasteiger partial charge in [-0.2, -0.15) is 18.3 Å². The molecular formula is C30H31F4N9O5S. The van der Waals surface area contributed by atoms with Crippen molar-refractivity contribution in [1.82, 2.24) is 35.0 Å². The van der Waals surface area contributed by atoms with Gasteiger partial charge in [0.15, 0.2) is 28.9 Å². The molecule has 2 aromatic carbocycles. The van der Waals surface area contributed by atoms with E-state index in [1.165, 1.54) is 25.2 Å². The maximum atomic E-state index is 14.6. The Labute approximate surface area is 276 Å². The highest BCUT2D eigenvalue weighted by molar-refractivity contribution is 7.92. The second-order valence-corrected chi connectivity index (χ2v) is 13.7. The van der Waals surface area contributed by atoms with Crippen molar-refractivity contribution in [2.45, 2.75) is 45.3 Å². The molecule has 5 aromatic rings. The summed E-state index contributed by atoms with van der Waals surface area (Å²) in [6, 6.07) is 5.44. The van der Waals surface area contributed by atoms with Crippen LogP contribution >= 0.6 is 0 Å². The van der Waals surface area contributed by atoms with Crippen LogP contribution in [0.5, 0.6) is 11.5 Å². The van der Waals surface area contributed by atoms with Crippen LogP contribution in [-0.4, -0.2) is 91.0 Å². The molecule has 14 nitrogen and oxygen atoms in total. The number of aromatic nitrogens is 6. The number of nitrogens with zero attached hydrogens (tertiary/aromatic N) is 6. The molecule has 1 aliphatic heterocycles. The maximum Gasteiger partial charge on any atom is 0.393 e. The number of phenolic OH excluding ortho intramolecular Hbond substituents is 2. The van der Waals surface area contributed by atoms with E-state index in [0.29, 0.717) is 48.7 Å². The van der Waals surface area contributed by atoms with Crippen molar-refractivity contribution >= 4 is 32.6 Å². The molecule has 19 heteroatoms. The topological polar surface area (TPSA) is 196 Å². The first-order valence-corrected chi connectivity index (χ1v) is 16.7. The number of anilines is 2. The fourth-order valence-corrected chi connectivity index (χ4v) is 6.18. The number of H-pyrrole nitrogens is 2. The first-order chi connectivity index (χ1) is 23.0. The number of hydrogen-bond donors (Lipinski definition) is 6. The van der Waals surface area contributed by atoms with Crippen LogP contribution in [0.1, 0.15) is 29.4 Å². The van der Waals surface area contributed by atoms with Gasteiger partial charge in [-0.15, -0.1) is 0 Å². The van der Waals surface area contributed by atoms with Gasteiger partial charge < -0.3 is 25.6 Å². The summed E-state index contributed by atoms with van der Waals surface area (Å²) in [7, 11) is -2.39. The Hall–Kier alpha value is -5.01. The van der Waals surface area contributed by atoms with E-state index in [1.807, 2.05) is 4.90 Å². The molecule has 1 unspecified atom stereocenters. The van der Waals surface area contributed by atoms with E-state index < -0.39 is 46.0 Å². The lowest BCUT2D eigenvalue weighted by Crippen LogP contribution is -2.37. The number of aliphatic hydroxyl groups is 1. The van der Waals surface area contributed by atoms with Crippen molar-refractivity contribution in [3.63, 3.8) is 0 Å². The van der Waals surface area contributed by atoms with E-state index in [-0.39, 0.29) is 51.9 Å². The number of halogens is 4. The third-order valence-electron chi connectivity index (χ3n) is 8.19. The Morgan fingerprint density at radius 2 is 1.88 bits per heavy atom. The van der Waals surface area contributed by atoms with Crippen molar-refractivity contribution in [3.05, 3.63) is 58.7 Å². The molecule has 0 saturated carbocycles. The van der Waals surface area contributed by atoms with Gasteiger partial charge in [-0.1, -0.05) is 0 Å². The molecule has 260 valence electrons. The highest BCUT2D eigenvalue weighted by atomic mass is 32.2. The summed E-state index contributed by atoms with van der Waals surface area (Å²) >= 11 is 0. The van der Waals surface area contributed by atoms with Gasteiger partial charge in [0.1, 0.15) is 23.5 Å². The lowest BCUT2D eigenvalue weighted by Gasteiger charge is -2.28. The predicted molar refractivity (Wildman–Crippen MR) is 171 cm³/mol. The Kier molecular flexibility index (Phi) is 8.62. The zero-order valence-electron chi connectivity index (χ0n) is 26.3. The number of hydrogen-bond acceptors (Lipinski definition) is 11. The van der Waals surface area contributed by atoms with Crippen molar-refractivity contribution in [2.75, 3.05) is 29.5 Å². The van der Waals surface area contributed by atoms with Crippen molar-refractivity contribution in [3.8, 4) is 34.4 Å². The van der Waals surface area contributed by atoms with E-state index in [4.69, 9.17) is 0 Å². The van der Waals surface area contributed by atoms with Crippen molar-refractivity contribution in [2.24, 2.45) is 0 Å². The summed E-state index contributed by atoms with van der Waals surface area (Å²) in [4.78, 5) is 18.6. The minimum Gasteiger partial charge on any atom is -0.508 e. The Morgan fingerprint density at radius 3 is 2.57 bits per heavy atom. The number of sulfonamides is 1. The largest absolute Gasteiger partial charge is 0.508 e. The minimum absolute atomic E-state index is 0.00599. The number of benzene rings is 2. The van der Waals surface area contributed by atoms with E-state index in [9.17, 15) is 41.3 Å². The first-order valence-electron chi connectivity index (χ1n) is 14.8. The average Bonchev–Trinajstić information content (AvgIpc) is 3.64. The number of aliphatic hydroxyl groups excluding tert-OH is 1. The second kappa shape index (κ2) is 12.5. The zero-order chi connectivity index (χ0) is 35.4. The molecule has 6 rings (SSSR count). The minimum atomic E-state index is -4.72. The summed E-state index contributed by atoms with van der Waals surface area (Å²) in [5.74, 6) is -2.35. The maximum absolute atomic E-state index is 14.6. The fourth-order valence-electron chi connectivity index (χ4n) is 5.65. The lowest BCUT2D eigenvalue weighted by molar-refractivity contribution is -0.127. The summed E-state index contributed by atoms with van der Waals surface area (Å²) in [6.45, 7) is 2.43. The summed E-state index contributed by atoms with van der Waals surface area (Å²) in [6.07, 6.45) is -5.36. The molecule has 0 aliphatic carbocycles. The van der Waals surface area contributed by atoms with E-state index >= 15 is 0 Å². The molecule has 0 fully saturated rings. The Balaban J connectivity index is 1.50. The average molecular weight is 706 g/mol.